The minimum absolute atomic E-state index is 0.0273. The Bertz CT molecular complexity index is 980. The van der Waals surface area contributed by atoms with E-state index in [0.29, 0.717) is 23.0 Å². The summed E-state index contributed by atoms with van der Waals surface area (Å²) in [4.78, 5) is 0. The SMILES string of the molecule is COc1cc2c(cc1OC)C(C)c1c-2n[nH]c1Nc1cc(F)cc(F)c1. The van der Waals surface area contributed by atoms with Gasteiger partial charge in [0.25, 0.3) is 0 Å². The molecule has 2 N–H and O–H groups in total. The summed E-state index contributed by atoms with van der Waals surface area (Å²) >= 11 is 0. The van der Waals surface area contributed by atoms with E-state index < -0.39 is 11.6 Å². The third-order valence-corrected chi connectivity index (χ3v) is 4.65. The molecule has 5 nitrogen and oxygen atoms in total. The average Bonchev–Trinajstić information content (AvgIpc) is 3.13. The molecule has 0 bridgehead atoms. The van der Waals surface area contributed by atoms with E-state index in [1.807, 2.05) is 19.1 Å². The Morgan fingerprint density at radius 1 is 1.00 bits per heavy atom. The number of benzene rings is 2. The standard InChI is InChI=1S/C19H17F2N3O2/c1-9-13-7-15(25-2)16(26-3)8-14(13)18-17(9)19(24-23-18)22-12-5-10(20)4-11(21)6-12/h4-9H,1-3H3,(H2,22,23,24). The molecule has 0 fully saturated rings. The molecule has 3 aromatic rings. The van der Waals surface area contributed by atoms with E-state index in [1.165, 1.54) is 12.1 Å². The molecule has 0 spiro atoms. The summed E-state index contributed by atoms with van der Waals surface area (Å²) in [5.74, 6) is 0.611. The minimum Gasteiger partial charge on any atom is -0.493 e. The van der Waals surface area contributed by atoms with Crippen LogP contribution in [0.25, 0.3) is 11.3 Å². The van der Waals surface area contributed by atoms with Gasteiger partial charge < -0.3 is 14.8 Å². The molecule has 26 heavy (non-hydrogen) atoms. The zero-order valence-corrected chi connectivity index (χ0v) is 14.5. The zero-order chi connectivity index (χ0) is 18.4. The van der Waals surface area contributed by atoms with Crippen LogP contribution in [0.2, 0.25) is 0 Å². The molecule has 0 aliphatic heterocycles. The number of rotatable bonds is 4. The third-order valence-electron chi connectivity index (χ3n) is 4.65. The number of H-pyrrole nitrogens is 1. The van der Waals surface area contributed by atoms with E-state index in [-0.39, 0.29) is 5.92 Å². The number of nitrogens with one attached hydrogen (secondary N) is 2. The van der Waals surface area contributed by atoms with Crippen LogP contribution in [0.15, 0.2) is 30.3 Å². The van der Waals surface area contributed by atoms with Gasteiger partial charge in [0.05, 0.1) is 19.9 Å². The Labute approximate surface area is 149 Å². The number of aromatic amines is 1. The lowest BCUT2D eigenvalue weighted by atomic mass is 9.99. The minimum atomic E-state index is -0.644. The number of nitrogens with zero attached hydrogens (tertiary/aromatic N) is 1. The first kappa shape index (κ1) is 16.4. The molecule has 1 unspecified atom stereocenters. The number of fused-ring (bicyclic) bond motifs is 3. The van der Waals surface area contributed by atoms with Gasteiger partial charge in [-0.1, -0.05) is 6.92 Å². The molecular formula is C19H17F2N3O2. The van der Waals surface area contributed by atoms with E-state index in [0.717, 1.165) is 28.5 Å². The van der Waals surface area contributed by atoms with Gasteiger partial charge in [-0.2, -0.15) is 5.10 Å². The van der Waals surface area contributed by atoms with Gasteiger partial charge in [0, 0.05) is 28.8 Å². The smallest absolute Gasteiger partial charge is 0.161 e. The molecule has 1 aromatic heterocycles. The first-order valence-corrected chi connectivity index (χ1v) is 8.09. The van der Waals surface area contributed by atoms with E-state index in [9.17, 15) is 8.78 Å². The second kappa shape index (κ2) is 6.01. The Balaban J connectivity index is 1.77. The van der Waals surface area contributed by atoms with Crippen molar-refractivity contribution in [2.45, 2.75) is 12.8 Å². The Kier molecular flexibility index (Phi) is 3.79. The van der Waals surface area contributed by atoms with Gasteiger partial charge >= 0.3 is 0 Å². The van der Waals surface area contributed by atoms with E-state index in [1.54, 1.807) is 14.2 Å². The van der Waals surface area contributed by atoms with Gasteiger partial charge in [-0.25, -0.2) is 8.78 Å². The molecule has 0 radical (unpaired) electrons. The molecule has 1 aliphatic carbocycles. The fourth-order valence-electron chi connectivity index (χ4n) is 3.46. The molecule has 134 valence electrons. The van der Waals surface area contributed by atoms with Crippen molar-refractivity contribution in [3.8, 4) is 22.8 Å². The number of aromatic nitrogens is 2. The summed E-state index contributed by atoms with van der Waals surface area (Å²) < 4.78 is 37.7. The van der Waals surface area contributed by atoms with Crippen LogP contribution < -0.4 is 14.8 Å². The fourth-order valence-corrected chi connectivity index (χ4v) is 3.46. The summed E-state index contributed by atoms with van der Waals surface area (Å²) in [6.45, 7) is 2.05. The highest BCUT2D eigenvalue weighted by Crippen LogP contribution is 2.50. The highest BCUT2D eigenvalue weighted by atomic mass is 19.1. The molecule has 0 amide bonds. The highest BCUT2D eigenvalue weighted by molar-refractivity contribution is 5.83. The number of hydrogen-bond donors (Lipinski definition) is 2. The molecule has 1 aliphatic rings. The summed E-state index contributed by atoms with van der Waals surface area (Å²) in [5, 5.41) is 10.3. The van der Waals surface area contributed by atoms with Crippen molar-refractivity contribution in [3.63, 3.8) is 0 Å². The topological polar surface area (TPSA) is 59.2 Å². The lowest BCUT2D eigenvalue weighted by Crippen LogP contribution is -1.99. The summed E-state index contributed by atoms with van der Waals surface area (Å²) in [6, 6.07) is 7.12. The van der Waals surface area contributed by atoms with Crippen LogP contribution in [0, 0.1) is 11.6 Å². The quantitative estimate of drug-likeness (QED) is 0.717. The van der Waals surface area contributed by atoms with Crippen molar-refractivity contribution in [1.29, 1.82) is 0 Å². The summed E-state index contributed by atoms with van der Waals surface area (Å²) in [7, 11) is 3.17. The van der Waals surface area contributed by atoms with Crippen LogP contribution in [0.4, 0.5) is 20.3 Å². The molecular weight excluding hydrogens is 340 g/mol. The van der Waals surface area contributed by atoms with Gasteiger partial charge in [0.15, 0.2) is 11.5 Å². The van der Waals surface area contributed by atoms with Crippen molar-refractivity contribution in [1.82, 2.24) is 10.2 Å². The summed E-state index contributed by atoms with van der Waals surface area (Å²) in [5.41, 5.74) is 4.03. The Morgan fingerprint density at radius 2 is 1.65 bits per heavy atom. The van der Waals surface area contributed by atoms with E-state index in [2.05, 4.69) is 15.5 Å². The number of methoxy groups -OCH3 is 2. The van der Waals surface area contributed by atoms with Crippen LogP contribution in [-0.2, 0) is 0 Å². The van der Waals surface area contributed by atoms with Crippen LogP contribution >= 0.6 is 0 Å². The van der Waals surface area contributed by atoms with Crippen LogP contribution in [-0.4, -0.2) is 24.4 Å². The molecule has 0 saturated heterocycles. The van der Waals surface area contributed by atoms with Crippen molar-refractivity contribution in [3.05, 3.63) is 53.1 Å². The van der Waals surface area contributed by atoms with Gasteiger partial charge in [-0.3, -0.25) is 5.10 Å². The predicted octanol–water partition coefficient (Wildman–Crippen LogP) is 4.58. The van der Waals surface area contributed by atoms with Gasteiger partial charge in [0.1, 0.15) is 17.5 Å². The molecule has 2 aromatic carbocycles. The molecule has 7 heteroatoms. The highest BCUT2D eigenvalue weighted by Gasteiger charge is 2.33. The Morgan fingerprint density at radius 3 is 2.31 bits per heavy atom. The van der Waals surface area contributed by atoms with Gasteiger partial charge in [0.2, 0.25) is 0 Å². The Hall–Kier alpha value is -3.09. The second-order valence-corrected chi connectivity index (χ2v) is 6.16. The molecule has 4 rings (SSSR count). The maximum Gasteiger partial charge on any atom is 0.161 e. The maximum absolute atomic E-state index is 13.5. The van der Waals surface area contributed by atoms with Crippen LogP contribution in [0.1, 0.15) is 24.0 Å². The number of halogens is 2. The van der Waals surface area contributed by atoms with Crippen molar-refractivity contribution < 1.29 is 18.3 Å². The largest absolute Gasteiger partial charge is 0.493 e. The fraction of sp³-hybridized carbons (Fsp3) is 0.211. The number of hydrogen-bond acceptors (Lipinski definition) is 4. The van der Waals surface area contributed by atoms with E-state index in [4.69, 9.17) is 9.47 Å². The molecule has 1 atom stereocenters. The van der Waals surface area contributed by atoms with Crippen LogP contribution in [0.3, 0.4) is 0 Å². The van der Waals surface area contributed by atoms with Crippen LogP contribution in [0.5, 0.6) is 11.5 Å². The normalized spacial score (nSPS) is 14.7. The van der Waals surface area contributed by atoms with Crippen molar-refractivity contribution in [2.75, 3.05) is 19.5 Å². The molecule has 0 saturated carbocycles. The van der Waals surface area contributed by atoms with Crippen molar-refractivity contribution >= 4 is 11.5 Å². The van der Waals surface area contributed by atoms with Gasteiger partial charge in [-0.05, 0) is 29.8 Å². The van der Waals surface area contributed by atoms with E-state index >= 15 is 0 Å². The number of anilines is 2. The number of ether oxygens (including phenoxy) is 2. The first-order chi connectivity index (χ1) is 12.5. The maximum atomic E-state index is 13.5. The third kappa shape index (κ3) is 2.47. The second-order valence-electron chi connectivity index (χ2n) is 6.16. The summed E-state index contributed by atoms with van der Waals surface area (Å²) in [6.07, 6.45) is 0. The monoisotopic (exact) mass is 357 g/mol. The van der Waals surface area contributed by atoms with Crippen molar-refractivity contribution in [2.24, 2.45) is 0 Å². The average molecular weight is 357 g/mol. The molecule has 1 heterocycles. The predicted molar refractivity (Wildman–Crippen MR) is 94.3 cm³/mol. The lowest BCUT2D eigenvalue weighted by Gasteiger charge is -2.13. The zero-order valence-electron chi connectivity index (χ0n) is 14.5. The first-order valence-electron chi connectivity index (χ1n) is 8.09. The van der Waals surface area contributed by atoms with Gasteiger partial charge in [-0.15, -0.1) is 0 Å². The lowest BCUT2D eigenvalue weighted by molar-refractivity contribution is 0.354.